The lowest BCUT2D eigenvalue weighted by Crippen LogP contribution is -2.44. The number of ether oxygens (including phenoxy) is 2. The zero-order valence-corrected chi connectivity index (χ0v) is 15.3. The van der Waals surface area contributed by atoms with E-state index in [0.717, 1.165) is 0 Å². The Balaban J connectivity index is 3.58. The number of halogens is 2. The molecule has 10 heteroatoms. The summed E-state index contributed by atoms with van der Waals surface area (Å²) in [5.74, 6) is -2.74. The molecule has 0 saturated carbocycles. The summed E-state index contributed by atoms with van der Waals surface area (Å²) in [6.07, 6.45) is -2.80. The number of nitro benzene ring substituents is 1. The van der Waals surface area contributed by atoms with Crippen LogP contribution < -0.4 is 4.90 Å². The van der Waals surface area contributed by atoms with Crippen molar-refractivity contribution < 1.29 is 32.8 Å². The number of nitrogens with zero attached hydrogens (tertiary/aromatic N) is 2. The molecule has 0 aliphatic rings. The monoisotopic (exact) mass is 374 g/mol. The van der Waals surface area contributed by atoms with Crippen molar-refractivity contribution in [1.82, 2.24) is 0 Å². The van der Waals surface area contributed by atoms with Gasteiger partial charge >= 0.3 is 12.2 Å². The van der Waals surface area contributed by atoms with Gasteiger partial charge in [0.2, 0.25) is 0 Å². The maximum Gasteiger partial charge on any atom is 0.424 e. The minimum atomic E-state index is -1.49. The molecule has 0 heterocycles. The van der Waals surface area contributed by atoms with Crippen LogP contribution in [0.25, 0.3) is 0 Å². The third-order valence-electron chi connectivity index (χ3n) is 2.58. The van der Waals surface area contributed by atoms with Crippen LogP contribution in [0.1, 0.15) is 41.5 Å². The predicted octanol–water partition coefficient (Wildman–Crippen LogP) is 4.55. The lowest BCUT2D eigenvalue weighted by Gasteiger charge is -2.28. The van der Waals surface area contributed by atoms with Crippen molar-refractivity contribution >= 4 is 23.6 Å². The number of hydrogen-bond acceptors (Lipinski definition) is 6. The van der Waals surface area contributed by atoms with Gasteiger partial charge in [-0.15, -0.1) is 0 Å². The Bertz CT molecular complexity index is 709. The molecule has 144 valence electrons. The molecule has 0 aliphatic heterocycles. The zero-order chi connectivity index (χ0) is 20.4. The third-order valence-corrected chi connectivity index (χ3v) is 2.58. The second-order valence-corrected chi connectivity index (χ2v) is 7.31. The van der Waals surface area contributed by atoms with E-state index < -0.39 is 51.3 Å². The minimum absolute atomic E-state index is 0.0450. The number of rotatable bonds is 2. The highest BCUT2D eigenvalue weighted by Gasteiger charge is 2.39. The lowest BCUT2D eigenvalue weighted by atomic mass is 10.2. The fourth-order valence-corrected chi connectivity index (χ4v) is 1.79. The van der Waals surface area contributed by atoms with E-state index in [1.165, 1.54) is 41.5 Å². The largest absolute Gasteiger partial charge is 0.443 e. The number of hydrogen-bond donors (Lipinski definition) is 0. The molecule has 8 nitrogen and oxygen atoms in total. The van der Waals surface area contributed by atoms with E-state index in [1.807, 2.05) is 0 Å². The van der Waals surface area contributed by atoms with Crippen molar-refractivity contribution in [2.45, 2.75) is 52.7 Å². The molecule has 0 saturated heterocycles. The summed E-state index contributed by atoms with van der Waals surface area (Å²) in [7, 11) is 0. The smallest absolute Gasteiger partial charge is 0.424 e. The van der Waals surface area contributed by atoms with Gasteiger partial charge in [-0.05, 0) is 41.5 Å². The Kier molecular flexibility index (Phi) is 5.91. The van der Waals surface area contributed by atoms with Crippen molar-refractivity contribution in [3.05, 3.63) is 33.9 Å². The standard InChI is InChI=1S/C16H20F2N2O6/c1-15(2,3)25-13(21)19(14(22)26-16(4,5)6)12-10(18)7-9(17)8-11(12)20(23)24/h7-8H,1-6H3. The molecule has 0 aliphatic carbocycles. The molecule has 2 amide bonds. The molecule has 0 fully saturated rings. The van der Waals surface area contributed by atoms with Crippen LogP contribution in [0.5, 0.6) is 0 Å². The summed E-state index contributed by atoms with van der Waals surface area (Å²) < 4.78 is 37.7. The molecular weight excluding hydrogens is 354 g/mol. The molecule has 0 unspecified atom stereocenters. The molecule has 0 radical (unpaired) electrons. The second-order valence-electron chi connectivity index (χ2n) is 7.31. The Labute approximate surface area is 148 Å². The molecule has 0 aromatic heterocycles. The van der Waals surface area contributed by atoms with Crippen molar-refractivity contribution in [3.63, 3.8) is 0 Å². The number of amides is 2. The van der Waals surface area contributed by atoms with E-state index >= 15 is 0 Å². The summed E-state index contributed by atoms with van der Waals surface area (Å²) in [6, 6.07) is 0.699. The van der Waals surface area contributed by atoms with Gasteiger partial charge in [-0.2, -0.15) is 4.90 Å². The Hall–Kier alpha value is -2.78. The number of anilines is 1. The van der Waals surface area contributed by atoms with Gasteiger partial charge in [-0.1, -0.05) is 0 Å². The molecule has 1 rings (SSSR count). The second kappa shape index (κ2) is 7.22. The van der Waals surface area contributed by atoms with Crippen LogP contribution in [0.2, 0.25) is 0 Å². The average Bonchev–Trinajstić information content (AvgIpc) is 2.36. The van der Waals surface area contributed by atoms with Gasteiger partial charge in [0, 0.05) is 6.07 Å². The van der Waals surface area contributed by atoms with Crippen LogP contribution in [-0.4, -0.2) is 28.3 Å². The van der Waals surface area contributed by atoms with Crippen molar-refractivity contribution in [3.8, 4) is 0 Å². The number of carbonyl (C=O) groups excluding carboxylic acids is 2. The highest BCUT2D eigenvalue weighted by Crippen LogP contribution is 2.34. The Morgan fingerprint density at radius 1 is 1.00 bits per heavy atom. The number of benzene rings is 1. The van der Waals surface area contributed by atoms with Crippen LogP contribution >= 0.6 is 0 Å². The maximum atomic E-state index is 14.3. The van der Waals surface area contributed by atoms with Gasteiger partial charge in [0.1, 0.15) is 17.0 Å². The van der Waals surface area contributed by atoms with Gasteiger partial charge < -0.3 is 9.47 Å². The Morgan fingerprint density at radius 2 is 1.42 bits per heavy atom. The SMILES string of the molecule is CC(C)(C)OC(=O)N(C(=O)OC(C)(C)C)c1c(F)cc(F)cc1[N+](=O)[O-]. The van der Waals surface area contributed by atoms with Gasteiger partial charge in [-0.25, -0.2) is 18.4 Å². The lowest BCUT2D eigenvalue weighted by molar-refractivity contribution is -0.384. The normalized spacial score (nSPS) is 11.7. The van der Waals surface area contributed by atoms with E-state index in [1.54, 1.807) is 0 Å². The minimum Gasteiger partial charge on any atom is -0.443 e. The molecule has 1 aromatic rings. The third kappa shape index (κ3) is 5.64. The van der Waals surface area contributed by atoms with Crippen molar-refractivity contribution in [2.24, 2.45) is 0 Å². The van der Waals surface area contributed by atoms with Gasteiger partial charge in [0.25, 0.3) is 5.69 Å². The van der Waals surface area contributed by atoms with Crippen LogP contribution in [0.15, 0.2) is 12.1 Å². The van der Waals surface area contributed by atoms with Crippen molar-refractivity contribution in [2.75, 3.05) is 4.90 Å². The van der Waals surface area contributed by atoms with Crippen molar-refractivity contribution in [1.29, 1.82) is 0 Å². The predicted molar refractivity (Wildman–Crippen MR) is 88.0 cm³/mol. The van der Waals surface area contributed by atoms with E-state index in [0.29, 0.717) is 12.1 Å². The first-order valence-corrected chi connectivity index (χ1v) is 7.52. The highest BCUT2D eigenvalue weighted by atomic mass is 19.1. The van der Waals surface area contributed by atoms with Crippen LogP contribution in [0, 0.1) is 21.7 Å². The van der Waals surface area contributed by atoms with Gasteiger partial charge in [0.05, 0.1) is 11.0 Å². The number of imide groups is 1. The summed E-state index contributed by atoms with van der Waals surface area (Å²) in [5.41, 5.74) is -4.38. The molecule has 26 heavy (non-hydrogen) atoms. The van der Waals surface area contributed by atoms with Gasteiger partial charge in [-0.3, -0.25) is 10.1 Å². The number of carbonyl (C=O) groups is 2. The summed E-state index contributed by atoms with van der Waals surface area (Å²) in [4.78, 5) is 34.9. The van der Waals surface area contributed by atoms with Crippen LogP contribution in [0.3, 0.4) is 0 Å². The quantitative estimate of drug-likeness (QED) is 0.556. The summed E-state index contributed by atoms with van der Waals surface area (Å²) in [5, 5.41) is 11.2. The molecule has 0 atom stereocenters. The molecular formula is C16H20F2N2O6. The zero-order valence-electron chi connectivity index (χ0n) is 15.3. The molecule has 0 N–H and O–H groups in total. The molecule has 0 spiro atoms. The Morgan fingerprint density at radius 3 is 1.77 bits per heavy atom. The first-order valence-electron chi connectivity index (χ1n) is 7.52. The maximum absolute atomic E-state index is 14.3. The summed E-state index contributed by atoms with van der Waals surface area (Å²) in [6.45, 7) is 8.88. The number of nitro groups is 1. The highest BCUT2D eigenvalue weighted by molar-refractivity contribution is 6.11. The van der Waals surface area contributed by atoms with Crippen LogP contribution in [-0.2, 0) is 9.47 Å². The fourth-order valence-electron chi connectivity index (χ4n) is 1.79. The molecule has 0 bridgehead atoms. The molecule has 1 aromatic carbocycles. The van der Waals surface area contributed by atoms with E-state index in [4.69, 9.17) is 9.47 Å². The first-order chi connectivity index (χ1) is 11.6. The van der Waals surface area contributed by atoms with Gasteiger partial charge in [0.15, 0.2) is 11.5 Å². The average molecular weight is 374 g/mol. The van der Waals surface area contributed by atoms with E-state index in [2.05, 4.69) is 0 Å². The first kappa shape index (κ1) is 21.3. The summed E-state index contributed by atoms with van der Waals surface area (Å²) >= 11 is 0. The van der Waals surface area contributed by atoms with Crippen LogP contribution in [0.4, 0.5) is 29.7 Å². The van der Waals surface area contributed by atoms with E-state index in [9.17, 15) is 28.5 Å². The van der Waals surface area contributed by atoms with E-state index in [-0.39, 0.29) is 4.90 Å². The topological polar surface area (TPSA) is 99.0 Å². The fraction of sp³-hybridized carbons (Fsp3) is 0.500.